The van der Waals surface area contributed by atoms with Gasteiger partial charge in [-0.1, -0.05) is 87.7 Å². The van der Waals surface area contributed by atoms with Gasteiger partial charge in [0.1, 0.15) is 5.75 Å². The summed E-state index contributed by atoms with van der Waals surface area (Å²) in [7, 11) is -5.89. The van der Waals surface area contributed by atoms with Gasteiger partial charge >= 0.3 is 15.6 Å². The first-order chi connectivity index (χ1) is 19.1. The minimum atomic E-state index is -5.89. The van der Waals surface area contributed by atoms with E-state index in [4.69, 9.17) is 0 Å². The van der Waals surface area contributed by atoms with E-state index in [0.717, 1.165) is 22.3 Å². The quantitative estimate of drug-likeness (QED) is 0.115. The number of pyridine rings is 2. The molecule has 0 saturated carbocycles. The number of benzene rings is 2. The van der Waals surface area contributed by atoms with Crippen LogP contribution in [0.2, 0.25) is 0 Å². The van der Waals surface area contributed by atoms with Crippen molar-refractivity contribution in [2.75, 3.05) is 0 Å². The molecule has 0 radical (unpaired) electrons. The van der Waals surface area contributed by atoms with Crippen LogP contribution in [0.25, 0.3) is 39.2 Å². The third kappa shape index (κ3) is 8.18. The van der Waals surface area contributed by atoms with Crippen molar-refractivity contribution in [1.29, 1.82) is 0 Å². The van der Waals surface area contributed by atoms with E-state index in [1.165, 1.54) is 12.1 Å². The van der Waals surface area contributed by atoms with Gasteiger partial charge in [0.15, 0.2) is 0 Å². The van der Waals surface area contributed by atoms with E-state index >= 15 is 0 Å². The highest BCUT2D eigenvalue weighted by atomic mass is 32.2. The zero-order valence-electron chi connectivity index (χ0n) is 22.4. The second-order valence-corrected chi connectivity index (χ2v) is 9.56. The molecule has 4 rings (SSSR count). The van der Waals surface area contributed by atoms with Crippen LogP contribution >= 0.6 is 13.5 Å². The van der Waals surface area contributed by atoms with Crippen LogP contribution in [-0.4, -0.2) is 23.9 Å². The van der Waals surface area contributed by atoms with Crippen LogP contribution in [0.15, 0.2) is 117 Å². The van der Waals surface area contributed by atoms with E-state index in [0.29, 0.717) is 22.5 Å². The summed E-state index contributed by atoms with van der Waals surface area (Å²) in [5.41, 5.74) is -0.823. The molecular weight excluding hydrogens is 569 g/mol. The summed E-state index contributed by atoms with van der Waals surface area (Å²) >= 11 is 0. The average molecular weight is 599 g/mol. The van der Waals surface area contributed by atoms with Crippen molar-refractivity contribution in [2.24, 2.45) is 0 Å². The summed E-state index contributed by atoms with van der Waals surface area (Å²) in [4.78, 5) is 8.84. The highest BCUT2D eigenvalue weighted by molar-refractivity contribution is 7.88. The Morgan fingerprint density at radius 1 is 0.805 bits per heavy atom. The van der Waals surface area contributed by atoms with Gasteiger partial charge in [-0.15, -0.1) is 0 Å². The molecule has 5 nitrogen and oxygen atoms in total. The Morgan fingerprint density at radius 2 is 1.39 bits per heavy atom. The fourth-order valence-electron chi connectivity index (χ4n) is 3.63. The van der Waals surface area contributed by atoms with Crippen LogP contribution in [0.5, 0.6) is 5.75 Å². The average Bonchev–Trinajstić information content (AvgIpc) is 2.96. The van der Waals surface area contributed by atoms with Crippen molar-refractivity contribution in [1.82, 2.24) is 9.97 Å². The van der Waals surface area contributed by atoms with Gasteiger partial charge in [-0.2, -0.15) is 35.1 Å². The Morgan fingerprint density at radius 3 is 1.85 bits per heavy atom. The second-order valence-electron chi connectivity index (χ2n) is 8.02. The van der Waals surface area contributed by atoms with Crippen LogP contribution in [0.1, 0.15) is 19.4 Å². The van der Waals surface area contributed by atoms with Crippen molar-refractivity contribution < 1.29 is 25.8 Å². The molecule has 0 fully saturated rings. The highest BCUT2D eigenvalue weighted by Gasteiger charge is 2.48. The number of hydrogen-bond donors (Lipinski definition) is 0. The number of hydrogen-bond acceptors (Lipinski definition) is 5. The van der Waals surface area contributed by atoms with Gasteiger partial charge < -0.3 is 4.18 Å². The molecule has 41 heavy (non-hydrogen) atoms. The van der Waals surface area contributed by atoms with Crippen LogP contribution < -0.4 is 4.18 Å². The largest absolute Gasteiger partial charge is 0.534 e. The molecule has 2 heterocycles. The Bertz CT molecular complexity index is 1600. The lowest BCUT2D eigenvalue weighted by Crippen LogP contribution is -2.28. The minimum Gasteiger partial charge on any atom is -0.376 e. The van der Waals surface area contributed by atoms with Crippen molar-refractivity contribution in [3.05, 3.63) is 122 Å². The normalized spacial score (nSPS) is 11.4. The molecule has 0 aliphatic rings. The van der Waals surface area contributed by atoms with Crippen LogP contribution in [0.4, 0.5) is 13.2 Å². The molecule has 2 aromatic carbocycles. The summed E-state index contributed by atoms with van der Waals surface area (Å²) in [6, 6.07) is 20.4. The minimum absolute atomic E-state index is 0. The molecule has 0 aliphatic heterocycles. The zero-order chi connectivity index (χ0) is 29.3. The molecule has 4 aromatic rings. The predicted molar refractivity (Wildman–Crippen MR) is 164 cm³/mol. The molecule has 0 bridgehead atoms. The first kappa shape index (κ1) is 33.1. The third-order valence-corrected chi connectivity index (χ3v) is 6.45. The van der Waals surface area contributed by atoms with Gasteiger partial charge in [-0.05, 0) is 41.5 Å². The number of rotatable bonds is 8. The number of aromatic nitrogens is 2. The topological polar surface area (TPSA) is 69.2 Å². The summed E-state index contributed by atoms with van der Waals surface area (Å²) in [5.74, 6) is -0.520. The van der Waals surface area contributed by atoms with Gasteiger partial charge in [0.25, 0.3) is 0 Å². The smallest absolute Gasteiger partial charge is 0.376 e. The molecule has 0 atom stereocenters. The van der Waals surface area contributed by atoms with Crippen LogP contribution in [-0.2, 0) is 10.1 Å². The molecule has 0 N–H and O–H groups in total. The van der Waals surface area contributed by atoms with Gasteiger partial charge in [-0.25, -0.2) is 0 Å². The standard InChI is InChI=1S/C29H21F3N2O3S.C2H6.H2S/c1-3-8-20(4-2)22-11-13-27(33-18-22)24-15-25(17-26(16-24)37-38(35,36)29(30,31)32)28-14-12-23(19-34-28)21-9-6-5-7-10-21;1-2;/h3-19H,1-2H2;1-2H3;1H2/b20-8+;;. The lowest BCUT2D eigenvalue weighted by molar-refractivity contribution is -0.0500. The van der Waals surface area contributed by atoms with Gasteiger partial charge in [0.2, 0.25) is 0 Å². The predicted octanol–water partition coefficient (Wildman–Crippen LogP) is 8.60. The maximum atomic E-state index is 13.0. The third-order valence-electron chi connectivity index (χ3n) is 5.47. The molecule has 2 aromatic heterocycles. The van der Waals surface area contributed by atoms with Crippen molar-refractivity contribution in [3.63, 3.8) is 0 Å². The Hall–Kier alpha value is -4.15. The molecule has 10 heteroatoms. The van der Waals surface area contributed by atoms with E-state index in [9.17, 15) is 21.6 Å². The molecular formula is C31H29F3N2O3S2. The number of halogens is 3. The fraction of sp³-hybridized carbons (Fsp3) is 0.0968. The molecule has 0 aliphatic carbocycles. The van der Waals surface area contributed by atoms with Gasteiger partial charge in [0, 0.05) is 34.6 Å². The molecule has 0 saturated heterocycles. The maximum absolute atomic E-state index is 13.0. The number of allylic oxidation sites excluding steroid dienone is 4. The van der Waals surface area contributed by atoms with Crippen molar-refractivity contribution in [2.45, 2.75) is 19.4 Å². The number of nitrogens with zero attached hydrogens (tertiary/aromatic N) is 2. The SMILES string of the molecule is C=C/C=C(\C=C)c1ccc(-c2cc(OS(=O)(=O)C(F)(F)F)cc(-c3ccc(-c4ccccc4)cn3)c2)nc1.CC.S. The van der Waals surface area contributed by atoms with E-state index < -0.39 is 21.4 Å². The summed E-state index contributed by atoms with van der Waals surface area (Å²) < 4.78 is 67.0. The van der Waals surface area contributed by atoms with Crippen LogP contribution in [0, 0.1) is 0 Å². The lowest BCUT2D eigenvalue weighted by atomic mass is 10.0. The molecule has 214 valence electrons. The first-order valence-electron chi connectivity index (χ1n) is 12.2. The number of alkyl halides is 3. The summed E-state index contributed by atoms with van der Waals surface area (Å²) in [6.07, 6.45) is 8.19. The lowest BCUT2D eigenvalue weighted by Gasteiger charge is -2.13. The Kier molecular flexibility index (Phi) is 11.7. The molecule has 0 unspecified atom stereocenters. The zero-order valence-corrected chi connectivity index (χ0v) is 24.2. The Labute approximate surface area is 245 Å². The Balaban J connectivity index is 0.00000192. The fourth-order valence-corrected chi connectivity index (χ4v) is 4.07. The molecule has 0 amide bonds. The van der Waals surface area contributed by atoms with E-state index in [1.54, 1.807) is 54.9 Å². The highest BCUT2D eigenvalue weighted by Crippen LogP contribution is 2.34. The van der Waals surface area contributed by atoms with E-state index in [2.05, 4.69) is 27.3 Å². The second kappa shape index (κ2) is 14.5. The first-order valence-corrected chi connectivity index (χ1v) is 13.6. The monoisotopic (exact) mass is 598 g/mol. The van der Waals surface area contributed by atoms with Crippen LogP contribution in [0.3, 0.4) is 0 Å². The van der Waals surface area contributed by atoms with E-state index in [1.807, 2.05) is 50.2 Å². The molecule has 0 spiro atoms. The van der Waals surface area contributed by atoms with Crippen molar-refractivity contribution in [3.8, 4) is 39.4 Å². The maximum Gasteiger partial charge on any atom is 0.534 e. The van der Waals surface area contributed by atoms with E-state index in [-0.39, 0.29) is 13.5 Å². The summed E-state index contributed by atoms with van der Waals surface area (Å²) in [6.45, 7) is 11.4. The van der Waals surface area contributed by atoms with Gasteiger partial charge in [0.05, 0.1) is 11.4 Å². The van der Waals surface area contributed by atoms with Crippen molar-refractivity contribution >= 4 is 29.2 Å². The van der Waals surface area contributed by atoms with Gasteiger partial charge in [-0.3, -0.25) is 9.97 Å². The summed E-state index contributed by atoms with van der Waals surface area (Å²) in [5, 5.41) is 0.